The summed E-state index contributed by atoms with van der Waals surface area (Å²) in [6.07, 6.45) is 7.41. The Kier molecular flexibility index (Phi) is 6.47. The molecule has 0 bridgehead atoms. The molecule has 0 atom stereocenters. The quantitative estimate of drug-likeness (QED) is 0.708. The lowest BCUT2D eigenvalue weighted by Gasteiger charge is -2.28. The SMILES string of the molecule is O=C(CSc1ccc(-c2ccc(N3CCCCC3)cc2)nn1)N1CCCCC1. The van der Waals surface area contributed by atoms with E-state index < -0.39 is 0 Å². The Balaban J connectivity index is 1.33. The minimum atomic E-state index is 0.212. The van der Waals surface area contributed by atoms with Crippen LogP contribution in [-0.2, 0) is 4.79 Å². The molecule has 5 nitrogen and oxygen atoms in total. The van der Waals surface area contributed by atoms with Crippen molar-refractivity contribution in [3.05, 3.63) is 36.4 Å². The number of anilines is 1. The molecule has 2 aliphatic heterocycles. The number of hydrogen-bond acceptors (Lipinski definition) is 5. The van der Waals surface area contributed by atoms with Crippen LogP contribution in [0.15, 0.2) is 41.4 Å². The minimum Gasteiger partial charge on any atom is -0.372 e. The average molecular weight is 397 g/mol. The van der Waals surface area contributed by atoms with E-state index in [1.165, 1.54) is 43.1 Å². The number of thioether (sulfide) groups is 1. The first kappa shape index (κ1) is 19.2. The van der Waals surface area contributed by atoms with E-state index in [0.29, 0.717) is 5.75 Å². The van der Waals surface area contributed by atoms with E-state index in [0.717, 1.165) is 55.3 Å². The fourth-order valence-corrected chi connectivity index (χ4v) is 4.63. The molecular weight excluding hydrogens is 368 g/mol. The van der Waals surface area contributed by atoms with Gasteiger partial charge in [0.15, 0.2) is 0 Å². The molecule has 2 fully saturated rings. The van der Waals surface area contributed by atoms with Gasteiger partial charge in [-0.25, -0.2) is 0 Å². The maximum Gasteiger partial charge on any atom is 0.232 e. The minimum absolute atomic E-state index is 0.212. The number of rotatable bonds is 5. The van der Waals surface area contributed by atoms with Crippen molar-refractivity contribution in [1.29, 1.82) is 0 Å². The topological polar surface area (TPSA) is 49.3 Å². The number of likely N-dealkylation sites (tertiary alicyclic amines) is 1. The number of aromatic nitrogens is 2. The third-order valence-corrected chi connectivity index (χ3v) is 6.48. The summed E-state index contributed by atoms with van der Waals surface area (Å²) in [4.78, 5) is 16.7. The highest BCUT2D eigenvalue weighted by atomic mass is 32.2. The Morgan fingerprint density at radius 1 is 0.821 bits per heavy atom. The van der Waals surface area contributed by atoms with Crippen LogP contribution in [0, 0.1) is 0 Å². The van der Waals surface area contributed by atoms with Crippen molar-refractivity contribution in [2.24, 2.45) is 0 Å². The van der Waals surface area contributed by atoms with Crippen LogP contribution in [-0.4, -0.2) is 52.9 Å². The highest BCUT2D eigenvalue weighted by Gasteiger charge is 2.17. The van der Waals surface area contributed by atoms with Crippen molar-refractivity contribution >= 4 is 23.4 Å². The number of benzene rings is 1. The second-order valence-corrected chi connectivity index (χ2v) is 8.58. The molecule has 1 aromatic heterocycles. The number of carbonyl (C=O) groups is 1. The number of amides is 1. The maximum absolute atomic E-state index is 12.3. The molecule has 2 aliphatic rings. The van der Waals surface area contributed by atoms with Gasteiger partial charge in [0.1, 0.15) is 5.03 Å². The molecule has 4 rings (SSSR count). The predicted molar refractivity (Wildman–Crippen MR) is 115 cm³/mol. The highest BCUT2D eigenvalue weighted by molar-refractivity contribution is 7.99. The zero-order valence-corrected chi connectivity index (χ0v) is 17.2. The van der Waals surface area contributed by atoms with Crippen molar-refractivity contribution in [2.75, 3.05) is 36.8 Å². The predicted octanol–water partition coefficient (Wildman–Crippen LogP) is 4.24. The lowest BCUT2D eigenvalue weighted by atomic mass is 10.1. The summed E-state index contributed by atoms with van der Waals surface area (Å²) in [6.45, 7) is 4.11. The van der Waals surface area contributed by atoms with E-state index in [2.05, 4.69) is 39.4 Å². The fraction of sp³-hybridized carbons (Fsp3) is 0.500. The van der Waals surface area contributed by atoms with Gasteiger partial charge in [0.25, 0.3) is 0 Å². The van der Waals surface area contributed by atoms with Crippen LogP contribution < -0.4 is 4.90 Å². The van der Waals surface area contributed by atoms with Crippen molar-refractivity contribution in [3.63, 3.8) is 0 Å². The molecule has 0 saturated carbocycles. The van der Waals surface area contributed by atoms with Crippen LogP contribution in [0.3, 0.4) is 0 Å². The third-order valence-electron chi connectivity index (χ3n) is 5.58. The average Bonchev–Trinajstić information content (AvgIpc) is 2.79. The van der Waals surface area contributed by atoms with Crippen molar-refractivity contribution < 1.29 is 4.79 Å². The van der Waals surface area contributed by atoms with E-state index >= 15 is 0 Å². The molecule has 0 N–H and O–H groups in total. The summed E-state index contributed by atoms with van der Waals surface area (Å²) in [5, 5.41) is 9.49. The molecule has 0 aliphatic carbocycles. The second kappa shape index (κ2) is 9.41. The van der Waals surface area contributed by atoms with Gasteiger partial charge in [-0.05, 0) is 62.8 Å². The Morgan fingerprint density at radius 2 is 1.50 bits per heavy atom. The summed E-state index contributed by atoms with van der Waals surface area (Å²) in [6, 6.07) is 12.6. The molecule has 0 radical (unpaired) electrons. The molecule has 3 heterocycles. The summed E-state index contributed by atoms with van der Waals surface area (Å²) >= 11 is 1.48. The van der Waals surface area contributed by atoms with Gasteiger partial charge in [-0.3, -0.25) is 4.79 Å². The molecular formula is C22H28N4OS. The molecule has 1 amide bonds. The van der Waals surface area contributed by atoms with Crippen LogP contribution in [0.2, 0.25) is 0 Å². The van der Waals surface area contributed by atoms with Crippen LogP contribution in [0.4, 0.5) is 5.69 Å². The lowest BCUT2D eigenvalue weighted by molar-refractivity contribution is -0.129. The Hall–Kier alpha value is -2.08. The number of piperidine rings is 2. The molecule has 0 spiro atoms. The largest absolute Gasteiger partial charge is 0.372 e. The van der Waals surface area contributed by atoms with Gasteiger partial charge in [0.05, 0.1) is 11.4 Å². The number of carbonyl (C=O) groups excluding carboxylic acids is 1. The Bertz CT molecular complexity index is 766. The molecule has 6 heteroatoms. The van der Waals surface area contributed by atoms with Crippen molar-refractivity contribution in [3.8, 4) is 11.3 Å². The maximum atomic E-state index is 12.3. The zero-order chi connectivity index (χ0) is 19.2. The van der Waals surface area contributed by atoms with Gasteiger partial charge in [-0.2, -0.15) is 0 Å². The highest BCUT2D eigenvalue weighted by Crippen LogP contribution is 2.25. The van der Waals surface area contributed by atoms with E-state index in [1.807, 2.05) is 17.0 Å². The van der Waals surface area contributed by atoms with Gasteiger partial charge in [-0.15, -0.1) is 10.2 Å². The van der Waals surface area contributed by atoms with Crippen LogP contribution in [0.1, 0.15) is 38.5 Å². The lowest BCUT2D eigenvalue weighted by Crippen LogP contribution is -2.36. The molecule has 28 heavy (non-hydrogen) atoms. The molecule has 2 aromatic rings. The van der Waals surface area contributed by atoms with Crippen LogP contribution >= 0.6 is 11.8 Å². The molecule has 1 aromatic carbocycles. The number of nitrogens with zero attached hydrogens (tertiary/aromatic N) is 4. The fourth-order valence-electron chi connectivity index (χ4n) is 3.92. The molecule has 2 saturated heterocycles. The van der Waals surface area contributed by atoms with Crippen molar-refractivity contribution in [2.45, 2.75) is 43.6 Å². The van der Waals surface area contributed by atoms with Crippen LogP contribution in [0.5, 0.6) is 0 Å². The summed E-state index contributed by atoms with van der Waals surface area (Å²) in [5.74, 6) is 0.655. The molecule has 148 valence electrons. The van der Waals surface area contributed by atoms with Gasteiger partial charge in [-0.1, -0.05) is 23.9 Å². The number of hydrogen-bond donors (Lipinski definition) is 0. The standard InChI is InChI=1S/C22H28N4OS/c27-22(26-15-5-2-6-16-26)17-28-21-12-11-20(23-24-21)18-7-9-19(10-8-18)25-13-3-1-4-14-25/h7-12H,1-6,13-17H2. The summed E-state index contributed by atoms with van der Waals surface area (Å²) in [7, 11) is 0. The third kappa shape index (κ3) is 4.85. The Labute approximate surface area is 171 Å². The van der Waals surface area contributed by atoms with Gasteiger partial charge in [0.2, 0.25) is 5.91 Å². The van der Waals surface area contributed by atoms with Crippen LogP contribution in [0.25, 0.3) is 11.3 Å². The van der Waals surface area contributed by atoms with E-state index in [4.69, 9.17) is 0 Å². The smallest absolute Gasteiger partial charge is 0.232 e. The summed E-state index contributed by atoms with van der Waals surface area (Å²) in [5.41, 5.74) is 3.24. The first-order valence-corrected chi connectivity index (χ1v) is 11.4. The van der Waals surface area contributed by atoms with Gasteiger partial charge in [0, 0.05) is 37.4 Å². The summed E-state index contributed by atoms with van der Waals surface area (Å²) < 4.78 is 0. The van der Waals surface area contributed by atoms with Crippen molar-refractivity contribution in [1.82, 2.24) is 15.1 Å². The van der Waals surface area contributed by atoms with Gasteiger partial charge < -0.3 is 9.80 Å². The second-order valence-electron chi connectivity index (χ2n) is 7.58. The van der Waals surface area contributed by atoms with E-state index in [9.17, 15) is 4.79 Å². The first-order chi connectivity index (χ1) is 13.8. The van der Waals surface area contributed by atoms with E-state index in [-0.39, 0.29) is 5.91 Å². The van der Waals surface area contributed by atoms with E-state index in [1.54, 1.807) is 0 Å². The van der Waals surface area contributed by atoms with Gasteiger partial charge >= 0.3 is 0 Å². The monoisotopic (exact) mass is 396 g/mol. The first-order valence-electron chi connectivity index (χ1n) is 10.4. The Morgan fingerprint density at radius 3 is 2.14 bits per heavy atom. The zero-order valence-electron chi connectivity index (χ0n) is 16.3. The molecule has 0 unspecified atom stereocenters. The normalized spacial score (nSPS) is 17.6.